The molecule has 0 saturated carbocycles. The number of anilines is 5. The summed E-state index contributed by atoms with van der Waals surface area (Å²) in [6.45, 7) is 15.4. The first-order valence-electron chi connectivity index (χ1n) is 20.1. The second-order valence-corrected chi connectivity index (χ2v) is 16.6. The van der Waals surface area contributed by atoms with E-state index in [-0.39, 0.29) is 34.6 Å². The number of aliphatic hydroxyl groups excluding tert-OH is 1. The van der Waals surface area contributed by atoms with Crippen molar-refractivity contribution in [1.29, 1.82) is 0 Å². The van der Waals surface area contributed by atoms with E-state index >= 15 is 0 Å². The first-order chi connectivity index (χ1) is 27.4. The maximum absolute atomic E-state index is 14.0. The van der Waals surface area contributed by atoms with Gasteiger partial charge in [0, 0.05) is 100.0 Å². The third-order valence-electron chi connectivity index (χ3n) is 12.0. The molecule has 1 aliphatic carbocycles. The molecule has 14 nitrogen and oxygen atoms in total. The van der Waals surface area contributed by atoms with Gasteiger partial charge in [-0.05, 0) is 86.4 Å². The number of hydrogen-bond acceptors (Lipinski definition) is 10. The molecule has 0 spiro atoms. The number of hydrogen-bond donors (Lipinski definition) is 3. The highest BCUT2D eigenvalue weighted by atomic mass is 16.5. The largest absolute Gasteiger partial charge is 0.392 e. The maximum atomic E-state index is 14.0. The van der Waals surface area contributed by atoms with Crippen molar-refractivity contribution >= 4 is 40.5 Å². The fraction of sp³-hybridized carbons (Fsp3) is 0.465. The zero-order valence-corrected chi connectivity index (χ0v) is 33.4. The van der Waals surface area contributed by atoms with Crippen molar-refractivity contribution in [2.45, 2.75) is 78.1 Å². The van der Waals surface area contributed by atoms with E-state index in [0.29, 0.717) is 58.8 Å². The van der Waals surface area contributed by atoms with Gasteiger partial charge in [-0.3, -0.25) is 24.2 Å². The first-order valence-corrected chi connectivity index (χ1v) is 20.1. The topological polar surface area (TPSA) is 150 Å². The van der Waals surface area contributed by atoms with E-state index in [1.165, 1.54) is 21.9 Å². The van der Waals surface area contributed by atoms with E-state index in [0.717, 1.165) is 70.6 Å². The number of rotatable bonds is 9. The number of aryl methyl sites for hydroxylation is 1. The second-order valence-electron chi connectivity index (χ2n) is 16.6. The number of fused-ring (bicyclic) bond motifs is 3. The van der Waals surface area contributed by atoms with Gasteiger partial charge in [0.2, 0.25) is 5.91 Å². The van der Waals surface area contributed by atoms with Gasteiger partial charge in [0.1, 0.15) is 11.5 Å². The number of amides is 2. The molecule has 3 aromatic heterocycles. The zero-order chi connectivity index (χ0) is 40.0. The summed E-state index contributed by atoms with van der Waals surface area (Å²) in [5.74, 6) is -0.0627. The number of benzene rings is 1. The lowest BCUT2D eigenvalue weighted by Crippen LogP contribution is -2.45. The Morgan fingerprint density at radius 3 is 2.67 bits per heavy atom. The summed E-state index contributed by atoms with van der Waals surface area (Å²) in [4.78, 5) is 56.2. The van der Waals surface area contributed by atoms with Crippen molar-refractivity contribution in [1.82, 2.24) is 24.0 Å². The van der Waals surface area contributed by atoms with E-state index in [2.05, 4.69) is 57.3 Å². The SMILES string of the molecule is C=CC(=O)Nc1cc(Nc2nc(-c3ccnc(N4CCn5c(cc6c5CC(C)(C)C6)C4=O)c3CO)cn(C)c2=O)ccc1N1CCCN(C2CCOCC2)CC1C. The number of nitrogens with zero attached hydrogens (tertiary/aromatic N) is 7. The Hall–Kier alpha value is -5.31. The number of carbonyl (C=O) groups is 2. The lowest BCUT2D eigenvalue weighted by molar-refractivity contribution is -0.111. The third-order valence-corrected chi connectivity index (χ3v) is 12.0. The van der Waals surface area contributed by atoms with Crippen LogP contribution < -0.4 is 26.0 Å². The molecule has 3 N–H and O–H groups in total. The summed E-state index contributed by atoms with van der Waals surface area (Å²) >= 11 is 0. The lowest BCUT2D eigenvalue weighted by atomic mass is 9.90. The zero-order valence-electron chi connectivity index (χ0n) is 33.4. The van der Waals surface area contributed by atoms with Crippen LogP contribution in [0.2, 0.25) is 0 Å². The molecule has 2 fully saturated rings. The van der Waals surface area contributed by atoms with Crippen molar-refractivity contribution in [2.24, 2.45) is 12.5 Å². The van der Waals surface area contributed by atoms with Crippen LogP contribution in [0.5, 0.6) is 0 Å². The van der Waals surface area contributed by atoms with E-state index < -0.39 is 6.61 Å². The van der Waals surface area contributed by atoms with Crippen molar-refractivity contribution in [2.75, 3.05) is 59.8 Å². The summed E-state index contributed by atoms with van der Waals surface area (Å²) in [5, 5.41) is 17.0. The number of pyridine rings is 1. The number of ether oxygens (including phenoxy) is 1. The summed E-state index contributed by atoms with van der Waals surface area (Å²) < 4.78 is 9.20. The summed E-state index contributed by atoms with van der Waals surface area (Å²) in [6, 6.07) is 10.1. The van der Waals surface area contributed by atoms with Crippen LogP contribution in [-0.2, 0) is 42.6 Å². The lowest BCUT2D eigenvalue weighted by Gasteiger charge is -2.36. The Kier molecular flexibility index (Phi) is 10.5. The van der Waals surface area contributed by atoms with Crippen LogP contribution in [-0.4, -0.2) is 92.4 Å². The molecule has 4 aliphatic rings. The normalized spacial score (nSPS) is 19.9. The molecule has 3 aliphatic heterocycles. The van der Waals surface area contributed by atoms with Crippen molar-refractivity contribution in [3.8, 4) is 11.3 Å². The monoisotopic (exact) mass is 775 g/mol. The van der Waals surface area contributed by atoms with Crippen LogP contribution in [0.4, 0.5) is 28.7 Å². The Bertz CT molecular complexity index is 2270. The molecule has 8 rings (SSSR count). The van der Waals surface area contributed by atoms with Crippen molar-refractivity contribution in [3.63, 3.8) is 0 Å². The number of nitrogens with one attached hydrogen (secondary N) is 2. The predicted molar refractivity (Wildman–Crippen MR) is 221 cm³/mol. The Balaban J connectivity index is 1.08. The molecular weight excluding hydrogens is 723 g/mol. The van der Waals surface area contributed by atoms with E-state index in [1.807, 2.05) is 24.3 Å². The van der Waals surface area contributed by atoms with E-state index in [4.69, 9.17) is 9.72 Å². The van der Waals surface area contributed by atoms with Crippen molar-refractivity contribution in [3.05, 3.63) is 88.2 Å². The Morgan fingerprint density at radius 1 is 1.09 bits per heavy atom. The van der Waals surface area contributed by atoms with Gasteiger partial charge in [-0.2, -0.15) is 0 Å². The minimum Gasteiger partial charge on any atom is -0.392 e. The molecule has 57 heavy (non-hydrogen) atoms. The summed E-state index contributed by atoms with van der Waals surface area (Å²) in [7, 11) is 1.64. The van der Waals surface area contributed by atoms with Gasteiger partial charge in [-0.15, -0.1) is 0 Å². The second kappa shape index (κ2) is 15.6. The van der Waals surface area contributed by atoms with Crippen LogP contribution in [0.3, 0.4) is 0 Å². The molecule has 1 unspecified atom stereocenters. The summed E-state index contributed by atoms with van der Waals surface area (Å²) in [6.07, 6.45) is 9.39. The standard InChI is InChI=1S/C43H53N9O5/c1-6-38(54)46-33-21-29(8-9-35(33)50-15-7-14-49(24-27(50)2)30-11-18-57-19-12-30)45-39-42(56)48(5)25-34(47-39)31-10-13-44-40(32(31)26-53)52-17-16-51-36(41(52)55)20-28-22-43(3,4)23-37(28)51/h6,8-10,13,20-21,25,27,30,53H,1,7,11-12,14-19,22-24,26H2,2-5H3,(H,45,47)(H,46,54). The fourth-order valence-corrected chi connectivity index (χ4v) is 9.26. The van der Waals surface area contributed by atoms with Crippen LogP contribution in [0.25, 0.3) is 11.3 Å². The van der Waals surface area contributed by atoms with Crippen LogP contribution in [0.1, 0.15) is 67.3 Å². The maximum Gasteiger partial charge on any atom is 0.293 e. The number of aromatic nitrogens is 4. The smallest absolute Gasteiger partial charge is 0.293 e. The average Bonchev–Trinajstić information content (AvgIpc) is 3.61. The van der Waals surface area contributed by atoms with Crippen LogP contribution >= 0.6 is 0 Å². The highest BCUT2D eigenvalue weighted by Gasteiger charge is 2.38. The summed E-state index contributed by atoms with van der Waals surface area (Å²) in [5.41, 5.74) is 6.37. The molecule has 2 amide bonds. The van der Waals surface area contributed by atoms with Crippen LogP contribution in [0, 0.1) is 5.41 Å². The van der Waals surface area contributed by atoms with E-state index in [9.17, 15) is 19.5 Å². The third kappa shape index (κ3) is 7.49. The average molecular weight is 776 g/mol. The highest BCUT2D eigenvalue weighted by Crippen LogP contribution is 2.40. The molecule has 14 heteroatoms. The molecule has 6 heterocycles. The van der Waals surface area contributed by atoms with E-state index in [1.54, 1.807) is 30.4 Å². The van der Waals surface area contributed by atoms with Crippen molar-refractivity contribution < 1.29 is 19.4 Å². The molecule has 0 radical (unpaired) electrons. The molecule has 0 bridgehead atoms. The highest BCUT2D eigenvalue weighted by molar-refractivity contribution is 6.06. The molecule has 2 saturated heterocycles. The minimum atomic E-state index is -0.392. The minimum absolute atomic E-state index is 0.0607. The molecule has 4 aromatic rings. The van der Waals surface area contributed by atoms with Gasteiger partial charge in [0.15, 0.2) is 5.82 Å². The van der Waals surface area contributed by atoms with Gasteiger partial charge >= 0.3 is 0 Å². The molecule has 1 atom stereocenters. The van der Waals surface area contributed by atoms with Crippen LogP contribution in [0.15, 0.2) is 60.2 Å². The van der Waals surface area contributed by atoms with Gasteiger partial charge in [-0.25, -0.2) is 9.97 Å². The van der Waals surface area contributed by atoms with Gasteiger partial charge in [-0.1, -0.05) is 20.4 Å². The number of carbonyl (C=O) groups excluding carboxylic acids is 2. The molecular formula is C43H53N9O5. The van der Waals surface area contributed by atoms with Gasteiger partial charge in [0.05, 0.1) is 23.7 Å². The molecule has 1 aromatic carbocycles. The van der Waals surface area contributed by atoms with Gasteiger partial charge in [0.25, 0.3) is 11.5 Å². The predicted octanol–water partition coefficient (Wildman–Crippen LogP) is 4.87. The number of aliphatic hydroxyl groups is 1. The fourth-order valence-electron chi connectivity index (χ4n) is 9.26. The van der Waals surface area contributed by atoms with Gasteiger partial charge < -0.3 is 34.5 Å². The first kappa shape index (κ1) is 38.6. The quantitative estimate of drug-likeness (QED) is 0.201. The Morgan fingerprint density at radius 2 is 1.89 bits per heavy atom. The Labute approximate surface area is 333 Å². The molecule has 300 valence electrons.